The maximum atomic E-state index is 10.8. The molecule has 3 unspecified atom stereocenters. The normalized spacial score (nSPS) is 41.1. The molecule has 2 N–H and O–H groups in total. The fraction of sp³-hybridized carbons (Fsp3) is 0.857. The number of ether oxygens (including phenoxy) is 2. The van der Waals surface area contributed by atoms with E-state index in [1.807, 2.05) is 0 Å². The molecule has 1 amide bonds. The van der Waals surface area contributed by atoms with Gasteiger partial charge in [-0.15, -0.1) is 0 Å². The molecule has 0 aliphatic carbocycles. The number of rotatable bonds is 0. The number of fused-ring (bicyclic) bond motifs is 1. The van der Waals surface area contributed by atoms with Crippen LogP contribution in [0.2, 0.25) is 0 Å². The van der Waals surface area contributed by atoms with Crippen molar-refractivity contribution in [1.82, 2.24) is 5.32 Å². The third kappa shape index (κ3) is 1.25. The van der Waals surface area contributed by atoms with Crippen LogP contribution in [0.3, 0.4) is 0 Å². The van der Waals surface area contributed by atoms with Crippen LogP contribution in [0.4, 0.5) is 4.79 Å². The van der Waals surface area contributed by atoms with Crippen LogP contribution < -0.4 is 5.32 Å². The molecule has 68 valence electrons. The van der Waals surface area contributed by atoms with Crippen molar-refractivity contribution in [1.29, 1.82) is 0 Å². The summed E-state index contributed by atoms with van der Waals surface area (Å²) in [6, 6.07) is 0. The summed E-state index contributed by atoms with van der Waals surface area (Å²) in [7, 11) is 0. The monoisotopic (exact) mass is 173 g/mol. The Kier molecular flexibility index (Phi) is 1.90. The van der Waals surface area contributed by atoms with Gasteiger partial charge in [0.1, 0.15) is 6.10 Å². The van der Waals surface area contributed by atoms with Crippen molar-refractivity contribution in [2.24, 2.45) is 0 Å². The lowest BCUT2D eigenvalue weighted by Crippen LogP contribution is -2.57. The fourth-order valence-corrected chi connectivity index (χ4v) is 1.53. The Labute approximate surface area is 69.6 Å². The lowest BCUT2D eigenvalue weighted by molar-refractivity contribution is -0.146. The van der Waals surface area contributed by atoms with E-state index in [9.17, 15) is 9.90 Å². The van der Waals surface area contributed by atoms with Gasteiger partial charge in [-0.1, -0.05) is 0 Å². The lowest BCUT2D eigenvalue weighted by atomic mass is 10.0. The molecular formula is C7H11NO4. The van der Waals surface area contributed by atoms with Crippen LogP contribution >= 0.6 is 0 Å². The van der Waals surface area contributed by atoms with Crippen molar-refractivity contribution >= 4 is 6.09 Å². The zero-order chi connectivity index (χ0) is 8.55. The molecule has 2 fully saturated rings. The topological polar surface area (TPSA) is 67.8 Å². The highest BCUT2D eigenvalue weighted by molar-refractivity contribution is 5.68. The van der Waals surface area contributed by atoms with Crippen molar-refractivity contribution in [3.8, 4) is 0 Å². The summed E-state index contributed by atoms with van der Waals surface area (Å²) in [4.78, 5) is 10.8. The van der Waals surface area contributed by atoms with E-state index in [4.69, 9.17) is 9.47 Å². The summed E-state index contributed by atoms with van der Waals surface area (Å²) >= 11 is 0. The first-order valence-corrected chi connectivity index (χ1v) is 4.01. The second-order valence-corrected chi connectivity index (χ2v) is 3.02. The minimum Gasteiger partial charge on any atom is -0.441 e. The molecule has 5 heteroatoms. The van der Waals surface area contributed by atoms with E-state index >= 15 is 0 Å². The van der Waals surface area contributed by atoms with Crippen LogP contribution in [0, 0.1) is 0 Å². The maximum Gasteiger partial charge on any atom is 0.407 e. The number of carbonyl (C=O) groups excluding carboxylic acids is 1. The highest BCUT2D eigenvalue weighted by atomic mass is 16.6. The summed E-state index contributed by atoms with van der Waals surface area (Å²) < 4.78 is 10.2. The van der Waals surface area contributed by atoms with Crippen molar-refractivity contribution in [2.75, 3.05) is 13.2 Å². The SMILES string of the molecule is O=C1NCC2OCCC(O)C2O1. The van der Waals surface area contributed by atoms with Crippen molar-refractivity contribution < 1.29 is 19.4 Å². The van der Waals surface area contributed by atoms with Gasteiger partial charge in [0.25, 0.3) is 0 Å². The van der Waals surface area contributed by atoms with E-state index < -0.39 is 18.3 Å². The van der Waals surface area contributed by atoms with E-state index in [-0.39, 0.29) is 6.10 Å². The zero-order valence-electron chi connectivity index (χ0n) is 6.53. The van der Waals surface area contributed by atoms with Crippen molar-refractivity contribution in [3.63, 3.8) is 0 Å². The number of alkyl carbamates (subject to hydrolysis) is 1. The molecule has 5 nitrogen and oxygen atoms in total. The van der Waals surface area contributed by atoms with Gasteiger partial charge >= 0.3 is 6.09 Å². The molecule has 12 heavy (non-hydrogen) atoms. The Morgan fingerprint density at radius 1 is 1.58 bits per heavy atom. The fourth-order valence-electron chi connectivity index (χ4n) is 1.53. The van der Waals surface area contributed by atoms with Gasteiger partial charge in [0.05, 0.1) is 12.6 Å². The molecular weight excluding hydrogens is 162 g/mol. The van der Waals surface area contributed by atoms with E-state index in [0.717, 1.165) is 0 Å². The second kappa shape index (κ2) is 2.91. The number of nitrogens with one attached hydrogen (secondary N) is 1. The van der Waals surface area contributed by atoms with E-state index in [2.05, 4.69) is 5.32 Å². The average Bonchev–Trinajstić information content (AvgIpc) is 2.07. The first-order chi connectivity index (χ1) is 5.77. The zero-order valence-corrected chi connectivity index (χ0v) is 6.53. The first-order valence-electron chi connectivity index (χ1n) is 4.01. The molecule has 2 heterocycles. The van der Waals surface area contributed by atoms with Crippen LogP contribution in [0.15, 0.2) is 0 Å². The smallest absolute Gasteiger partial charge is 0.407 e. The Morgan fingerprint density at radius 2 is 2.42 bits per heavy atom. The van der Waals surface area contributed by atoms with Crippen LogP contribution in [0.5, 0.6) is 0 Å². The molecule has 0 radical (unpaired) electrons. The Morgan fingerprint density at radius 3 is 3.25 bits per heavy atom. The minimum absolute atomic E-state index is 0.188. The summed E-state index contributed by atoms with van der Waals surface area (Å²) in [5.74, 6) is 0. The van der Waals surface area contributed by atoms with E-state index in [1.165, 1.54) is 0 Å². The highest BCUT2D eigenvalue weighted by Gasteiger charge is 2.39. The summed E-state index contributed by atoms with van der Waals surface area (Å²) in [6.45, 7) is 0.960. The van der Waals surface area contributed by atoms with Crippen LogP contribution in [-0.4, -0.2) is 42.7 Å². The average molecular weight is 173 g/mol. The summed E-state index contributed by atoms with van der Waals surface area (Å²) in [5, 5.41) is 11.9. The van der Waals surface area contributed by atoms with Gasteiger partial charge in [-0.2, -0.15) is 0 Å². The number of hydrogen-bond donors (Lipinski definition) is 2. The van der Waals surface area contributed by atoms with E-state index in [0.29, 0.717) is 19.6 Å². The molecule has 2 saturated heterocycles. The van der Waals surface area contributed by atoms with Gasteiger partial charge in [0.15, 0.2) is 6.10 Å². The van der Waals surface area contributed by atoms with Gasteiger partial charge in [-0.3, -0.25) is 0 Å². The number of aliphatic hydroxyl groups excluding tert-OH is 1. The predicted octanol–water partition coefficient (Wildman–Crippen LogP) is -0.755. The Balaban J connectivity index is 2.05. The molecule has 0 saturated carbocycles. The number of hydrogen-bond acceptors (Lipinski definition) is 4. The number of aliphatic hydroxyl groups is 1. The number of carbonyl (C=O) groups is 1. The van der Waals surface area contributed by atoms with Crippen molar-refractivity contribution in [3.05, 3.63) is 0 Å². The van der Waals surface area contributed by atoms with Gasteiger partial charge in [0.2, 0.25) is 0 Å². The molecule has 2 aliphatic heterocycles. The van der Waals surface area contributed by atoms with Gasteiger partial charge in [-0.25, -0.2) is 4.79 Å². The highest BCUT2D eigenvalue weighted by Crippen LogP contribution is 2.20. The molecule has 0 aromatic carbocycles. The Bertz CT molecular complexity index is 196. The number of amides is 1. The maximum absolute atomic E-state index is 10.8. The van der Waals surface area contributed by atoms with Crippen LogP contribution in [0.25, 0.3) is 0 Å². The molecule has 0 bridgehead atoms. The largest absolute Gasteiger partial charge is 0.441 e. The molecule has 2 rings (SSSR count). The summed E-state index contributed by atoms with van der Waals surface area (Å²) in [5.41, 5.74) is 0. The molecule has 0 spiro atoms. The van der Waals surface area contributed by atoms with Gasteiger partial charge in [0, 0.05) is 13.0 Å². The van der Waals surface area contributed by atoms with Crippen molar-refractivity contribution in [2.45, 2.75) is 24.7 Å². The second-order valence-electron chi connectivity index (χ2n) is 3.02. The summed E-state index contributed by atoms with van der Waals surface area (Å²) in [6.07, 6.45) is -1.18. The molecule has 3 atom stereocenters. The van der Waals surface area contributed by atoms with E-state index in [1.54, 1.807) is 0 Å². The minimum atomic E-state index is -0.574. The molecule has 0 aromatic rings. The third-order valence-electron chi connectivity index (χ3n) is 2.18. The predicted molar refractivity (Wildman–Crippen MR) is 38.6 cm³/mol. The van der Waals surface area contributed by atoms with Crippen LogP contribution in [-0.2, 0) is 9.47 Å². The van der Waals surface area contributed by atoms with Gasteiger partial charge < -0.3 is 19.9 Å². The van der Waals surface area contributed by atoms with Crippen LogP contribution in [0.1, 0.15) is 6.42 Å². The van der Waals surface area contributed by atoms with Gasteiger partial charge in [-0.05, 0) is 0 Å². The lowest BCUT2D eigenvalue weighted by Gasteiger charge is -2.37. The standard InChI is InChI=1S/C7H11NO4/c9-4-1-2-11-5-3-8-7(10)12-6(4)5/h4-6,9H,1-3H2,(H,8,10). The third-order valence-corrected chi connectivity index (χ3v) is 2.18. The quantitative estimate of drug-likeness (QED) is 0.505. The molecule has 2 aliphatic rings. The molecule has 0 aromatic heterocycles. The first kappa shape index (κ1) is 7.82. The Hall–Kier alpha value is -0.810.